The molecule has 0 spiro atoms. The van der Waals surface area contributed by atoms with Crippen LogP contribution in [0.4, 0.5) is 0 Å². The average molecular weight is 1620 g/mol. The SMILES string of the molecule is C=C(C)C(=O)COCCOC(=O)C(=C)C.C=C(C)C(=O)COCCOC(=O)C(=C)C.C=CC(=O)OCC(CC)(COC(=O)C=C)COC(=O)C=C.C=CC(=O)OCC(CC)(COC(=O)C=C)COC(=O)C=C.C=CC(=O)OCC(CO)(CO)COCC(CO)(CO)CO.C=CC(=O)OCC(CO)(COC(=O)C=C)COC(=O)C=C. The Bertz CT molecular complexity index is 2720. The molecule has 35 heteroatoms. The Morgan fingerprint density at radius 2 is 0.430 bits per heavy atom. The lowest BCUT2D eigenvalue weighted by Gasteiger charge is -2.32. The van der Waals surface area contributed by atoms with Crippen LogP contribution in [-0.2, 0) is 138 Å². The molecule has 35 nitrogen and oxygen atoms in total. The normalized spacial score (nSPS) is 10.4. The summed E-state index contributed by atoms with van der Waals surface area (Å²) >= 11 is 0. The minimum absolute atomic E-state index is 0.0278. The molecule has 0 bridgehead atoms. The van der Waals surface area contributed by atoms with Gasteiger partial charge in [-0.05, 0) is 51.7 Å². The third-order valence-electron chi connectivity index (χ3n) is 14.2. The van der Waals surface area contributed by atoms with Crippen molar-refractivity contribution < 1.29 is 169 Å². The van der Waals surface area contributed by atoms with E-state index in [4.69, 9.17) is 86.4 Å². The molecule has 0 aromatic rings. The second-order valence-electron chi connectivity index (χ2n) is 24.1. The minimum Gasteiger partial charge on any atom is -0.462 e. The third kappa shape index (κ3) is 57.1. The van der Waals surface area contributed by atoms with Crippen molar-refractivity contribution in [3.05, 3.63) is 175 Å². The molecular formula is C79H114O35. The summed E-state index contributed by atoms with van der Waals surface area (Å²) in [5.74, 6) is -7.76. The van der Waals surface area contributed by atoms with Gasteiger partial charge in [-0.1, -0.05) is 106 Å². The van der Waals surface area contributed by atoms with Gasteiger partial charge in [0.2, 0.25) is 0 Å². The first-order valence-corrected chi connectivity index (χ1v) is 34.0. The summed E-state index contributed by atoms with van der Waals surface area (Å²) in [6.45, 7) is 51.8. The van der Waals surface area contributed by atoms with Crippen molar-refractivity contribution in [2.24, 2.45) is 27.1 Å². The Balaban J connectivity index is -0.000000309. The summed E-state index contributed by atoms with van der Waals surface area (Å²) in [6.07, 6.45) is 10.8. The molecule has 0 saturated carbocycles. The number of rotatable bonds is 56. The summed E-state index contributed by atoms with van der Waals surface area (Å²) in [5.41, 5.74) is -3.80. The molecule has 0 aromatic carbocycles. The maximum Gasteiger partial charge on any atom is 0.333 e. The Labute approximate surface area is 664 Å². The molecule has 0 fully saturated rings. The van der Waals surface area contributed by atoms with E-state index in [1.54, 1.807) is 41.5 Å². The fourth-order valence-corrected chi connectivity index (χ4v) is 6.21. The first kappa shape index (κ1) is 114. The topological polar surface area (TPSA) is 499 Å². The first-order chi connectivity index (χ1) is 53.6. The number of hydrogen-bond acceptors (Lipinski definition) is 35. The van der Waals surface area contributed by atoms with Gasteiger partial charge in [-0.3, -0.25) is 9.59 Å². The molecular weight excluding hydrogens is 1510 g/mol. The number of ketones is 2. The van der Waals surface area contributed by atoms with Crippen molar-refractivity contribution in [1.82, 2.24) is 0 Å². The summed E-state index contributed by atoms with van der Waals surface area (Å²) in [4.78, 5) is 155. The predicted octanol–water partition coefficient (Wildman–Crippen LogP) is 3.50. The number of hydrogen-bond donors (Lipinski definition) is 6. The number of aliphatic hydroxyl groups excluding tert-OH is 6. The molecule has 0 unspecified atom stereocenters. The van der Waals surface area contributed by atoms with E-state index < -0.39 is 138 Å². The van der Waals surface area contributed by atoms with Crippen LogP contribution in [0.5, 0.6) is 0 Å². The van der Waals surface area contributed by atoms with Gasteiger partial charge in [0.25, 0.3) is 0 Å². The fourth-order valence-electron chi connectivity index (χ4n) is 6.21. The Morgan fingerprint density at radius 1 is 0.246 bits per heavy atom. The van der Waals surface area contributed by atoms with E-state index in [0.29, 0.717) is 35.1 Å². The summed E-state index contributed by atoms with van der Waals surface area (Å²) in [6, 6.07) is 0. The molecule has 0 amide bonds. The van der Waals surface area contributed by atoms with Crippen molar-refractivity contribution in [3.8, 4) is 0 Å². The lowest BCUT2D eigenvalue weighted by molar-refractivity contribution is -0.160. The van der Waals surface area contributed by atoms with E-state index in [0.717, 1.165) is 60.8 Å². The zero-order chi connectivity index (χ0) is 89.0. The molecule has 114 heavy (non-hydrogen) atoms. The van der Waals surface area contributed by atoms with Gasteiger partial charge < -0.3 is 102 Å². The zero-order valence-corrected chi connectivity index (χ0v) is 66.1. The van der Waals surface area contributed by atoms with Crippen LogP contribution in [0.15, 0.2) is 175 Å². The van der Waals surface area contributed by atoms with Crippen LogP contribution in [0, 0.1) is 27.1 Å². The number of ether oxygens (including phenoxy) is 15. The van der Waals surface area contributed by atoms with Crippen LogP contribution in [-0.4, -0.2) is 272 Å². The van der Waals surface area contributed by atoms with Gasteiger partial charge in [0.1, 0.15) is 92.5 Å². The van der Waals surface area contributed by atoms with Crippen LogP contribution in [0.25, 0.3) is 0 Å². The molecule has 0 atom stereocenters. The van der Waals surface area contributed by atoms with Gasteiger partial charge in [0.05, 0.1) is 93.1 Å². The molecule has 0 radical (unpaired) electrons. The molecule has 0 aliphatic carbocycles. The maximum atomic E-state index is 11.2. The van der Waals surface area contributed by atoms with Crippen LogP contribution in [0.3, 0.4) is 0 Å². The van der Waals surface area contributed by atoms with Crippen molar-refractivity contribution >= 4 is 83.2 Å². The summed E-state index contributed by atoms with van der Waals surface area (Å²) in [5, 5.41) is 55.6. The lowest BCUT2D eigenvalue weighted by atomic mass is 9.88. The predicted molar refractivity (Wildman–Crippen MR) is 410 cm³/mol. The molecule has 640 valence electrons. The fraction of sp³-hybridized carbons (Fsp3) is 0.468. The monoisotopic (exact) mass is 1620 g/mol. The van der Waals surface area contributed by atoms with Gasteiger partial charge in [-0.2, -0.15) is 0 Å². The number of carbonyl (C=O) groups excluding carboxylic acids is 14. The molecule has 0 saturated heterocycles. The minimum atomic E-state index is -1.28. The largest absolute Gasteiger partial charge is 0.462 e. The number of carbonyl (C=O) groups is 14. The Kier molecular flexibility index (Phi) is 67.6. The smallest absolute Gasteiger partial charge is 0.333 e. The maximum absolute atomic E-state index is 11.2. The molecule has 0 rings (SSSR count). The Morgan fingerprint density at radius 3 is 0.596 bits per heavy atom. The van der Waals surface area contributed by atoms with E-state index in [9.17, 15) is 82.4 Å². The van der Waals surface area contributed by atoms with E-state index in [1.807, 2.05) is 0 Å². The van der Waals surface area contributed by atoms with E-state index in [-0.39, 0.29) is 130 Å². The van der Waals surface area contributed by atoms with Gasteiger partial charge in [0.15, 0.2) is 11.6 Å². The highest BCUT2D eigenvalue weighted by Crippen LogP contribution is 2.27. The Hall–Kier alpha value is -11.0. The summed E-state index contributed by atoms with van der Waals surface area (Å²) in [7, 11) is 0. The lowest BCUT2D eigenvalue weighted by Crippen LogP contribution is -2.44. The summed E-state index contributed by atoms with van der Waals surface area (Å²) < 4.78 is 73.9. The van der Waals surface area contributed by atoms with E-state index in [1.165, 1.54) is 0 Å². The van der Waals surface area contributed by atoms with Crippen molar-refractivity contribution in [2.75, 3.05) is 159 Å². The van der Waals surface area contributed by atoms with Gasteiger partial charge in [-0.25, -0.2) is 57.5 Å². The standard InChI is InChI=1S/2C15H20O6.C14H18O7.C13H24O8.2C11H16O4/c2*1-5-12(16)19-9-15(8-4,10-20-13(17)6-2)11-21-14(18)7-3;1-4-11(16)19-8-14(7-15,9-20-12(17)5-2)10-21-13(18)6-3;1-2-11(19)21-10-13(6-17,7-18)9-20-8-12(3-14,4-15)5-16;2*1-8(2)10(12)7-14-5-6-15-11(13)9(3)4/h2*5-7H,1-3,8-11H2,4H3;4-6,15H,1-3,7-10H2;2,14-18H,1,3-10H2;2*1,3,5-7H2,2,4H3. The van der Waals surface area contributed by atoms with E-state index >= 15 is 0 Å². The van der Waals surface area contributed by atoms with Crippen molar-refractivity contribution in [1.29, 1.82) is 0 Å². The molecule has 6 N–H and O–H groups in total. The highest BCUT2D eigenvalue weighted by Gasteiger charge is 2.38. The highest BCUT2D eigenvalue weighted by atomic mass is 16.6. The number of Topliss-reactive ketones (excluding diaryl/α,β-unsaturated/α-hetero) is 2. The van der Waals surface area contributed by atoms with E-state index in [2.05, 4.69) is 92.1 Å². The van der Waals surface area contributed by atoms with Gasteiger partial charge in [-0.15, -0.1) is 0 Å². The van der Waals surface area contributed by atoms with Crippen LogP contribution >= 0.6 is 0 Å². The highest BCUT2D eigenvalue weighted by molar-refractivity contribution is 5.95. The molecule has 0 aliphatic heterocycles. The van der Waals surface area contributed by atoms with Crippen LogP contribution in [0.2, 0.25) is 0 Å². The van der Waals surface area contributed by atoms with Crippen molar-refractivity contribution in [2.45, 2.75) is 54.4 Å². The zero-order valence-electron chi connectivity index (χ0n) is 66.1. The number of aliphatic hydroxyl groups is 6. The molecule has 0 heterocycles. The van der Waals surface area contributed by atoms with Gasteiger partial charge in [0, 0.05) is 71.9 Å². The molecule has 0 aliphatic rings. The van der Waals surface area contributed by atoms with Crippen LogP contribution in [0.1, 0.15) is 54.4 Å². The van der Waals surface area contributed by atoms with Crippen molar-refractivity contribution in [3.63, 3.8) is 0 Å². The second kappa shape index (κ2) is 67.7. The van der Waals surface area contributed by atoms with Gasteiger partial charge >= 0.3 is 71.6 Å². The first-order valence-electron chi connectivity index (χ1n) is 34.0. The quantitative estimate of drug-likeness (QED) is 0.0220. The second-order valence-corrected chi connectivity index (χ2v) is 24.1. The molecule has 0 aromatic heterocycles. The average Bonchev–Trinajstić information content (AvgIpc) is 0.876. The number of esters is 12. The third-order valence-corrected chi connectivity index (χ3v) is 14.2. The van der Waals surface area contributed by atoms with Crippen LogP contribution < -0.4 is 0 Å².